The third-order valence-electron chi connectivity index (χ3n) is 2.77. The van der Waals surface area contributed by atoms with Crippen LogP contribution >= 0.6 is 27.3 Å². The molecule has 5 heteroatoms. The van der Waals surface area contributed by atoms with E-state index in [2.05, 4.69) is 33.1 Å². The highest BCUT2D eigenvalue weighted by molar-refractivity contribution is 9.11. The third-order valence-corrected chi connectivity index (χ3v) is 4.28. The summed E-state index contributed by atoms with van der Waals surface area (Å²) in [6.45, 7) is 2.01. The molecule has 0 radical (unpaired) electrons. The molecule has 2 N–H and O–H groups in total. The monoisotopic (exact) mass is 363 g/mol. The van der Waals surface area contributed by atoms with Gasteiger partial charge in [0.15, 0.2) is 0 Å². The summed E-state index contributed by atoms with van der Waals surface area (Å²) >= 11 is 4.82. The van der Waals surface area contributed by atoms with Crippen molar-refractivity contribution in [1.29, 1.82) is 0 Å². The van der Waals surface area contributed by atoms with Gasteiger partial charge in [-0.05, 0) is 52.7 Å². The molecular formula is C16H14BrNO2S. The highest BCUT2D eigenvalue weighted by Crippen LogP contribution is 2.22. The van der Waals surface area contributed by atoms with Gasteiger partial charge >= 0.3 is 0 Å². The zero-order valence-electron chi connectivity index (χ0n) is 11.4. The number of amides is 1. The molecule has 21 heavy (non-hydrogen) atoms. The number of carbonyl (C=O) groups is 1. The van der Waals surface area contributed by atoms with E-state index in [1.54, 1.807) is 11.4 Å². The first-order valence-corrected chi connectivity index (χ1v) is 8.03. The van der Waals surface area contributed by atoms with Gasteiger partial charge < -0.3 is 10.4 Å². The molecule has 0 saturated heterocycles. The maximum absolute atomic E-state index is 12.1. The van der Waals surface area contributed by atoms with E-state index in [9.17, 15) is 4.79 Å². The summed E-state index contributed by atoms with van der Waals surface area (Å²) < 4.78 is 0.929. The number of thiophene rings is 1. The van der Waals surface area contributed by atoms with Crippen LogP contribution in [0.15, 0.2) is 33.4 Å². The number of aliphatic hydroxyl groups excluding tert-OH is 1. The molecule has 1 heterocycles. The van der Waals surface area contributed by atoms with Crippen LogP contribution in [0.1, 0.15) is 27.9 Å². The molecule has 0 fully saturated rings. The minimum Gasteiger partial charge on any atom is -0.395 e. The molecule has 2 rings (SSSR count). The average molecular weight is 364 g/mol. The summed E-state index contributed by atoms with van der Waals surface area (Å²) in [5.74, 6) is 5.76. The fourth-order valence-electron chi connectivity index (χ4n) is 1.73. The Hall–Kier alpha value is -1.61. The van der Waals surface area contributed by atoms with Crippen molar-refractivity contribution in [2.24, 2.45) is 0 Å². The highest BCUT2D eigenvalue weighted by Gasteiger charge is 2.08. The summed E-state index contributed by atoms with van der Waals surface area (Å²) in [6, 6.07) is 7.39. The Morgan fingerprint density at radius 2 is 2.24 bits per heavy atom. The minimum atomic E-state index is -0.129. The topological polar surface area (TPSA) is 49.3 Å². The van der Waals surface area contributed by atoms with Crippen molar-refractivity contribution in [3.63, 3.8) is 0 Å². The quantitative estimate of drug-likeness (QED) is 0.814. The Morgan fingerprint density at radius 3 is 2.86 bits per heavy atom. The molecule has 0 saturated carbocycles. The van der Waals surface area contributed by atoms with Gasteiger partial charge in [-0.2, -0.15) is 0 Å². The zero-order chi connectivity index (χ0) is 15.2. The van der Waals surface area contributed by atoms with Crippen LogP contribution in [0.4, 0.5) is 5.69 Å². The van der Waals surface area contributed by atoms with E-state index in [4.69, 9.17) is 5.11 Å². The molecule has 0 spiro atoms. The van der Waals surface area contributed by atoms with Crippen molar-refractivity contribution < 1.29 is 9.90 Å². The molecule has 1 aromatic heterocycles. The van der Waals surface area contributed by atoms with E-state index in [0.29, 0.717) is 12.0 Å². The van der Waals surface area contributed by atoms with Gasteiger partial charge in [-0.1, -0.05) is 11.8 Å². The number of hydrogen-bond donors (Lipinski definition) is 2. The Kier molecular flexibility index (Phi) is 5.57. The van der Waals surface area contributed by atoms with Crippen molar-refractivity contribution in [2.75, 3.05) is 11.9 Å². The van der Waals surface area contributed by atoms with Crippen LogP contribution in [0.3, 0.4) is 0 Å². The van der Waals surface area contributed by atoms with Crippen molar-refractivity contribution in [3.05, 3.63) is 50.1 Å². The van der Waals surface area contributed by atoms with Gasteiger partial charge in [0.25, 0.3) is 5.91 Å². The van der Waals surface area contributed by atoms with E-state index in [1.807, 2.05) is 25.1 Å². The van der Waals surface area contributed by atoms with Gasteiger partial charge in [-0.3, -0.25) is 4.79 Å². The van der Waals surface area contributed by atoms with Gasteiger partial charge in [0.05, 0.1) is 16.0 Å². The first-order valence-electron chi connectivity index (χ1n) is 6.36. The van der Waals surface area contributed by atoms with E-state index in [1.165, 1.54) is 11.3 Å². The Bertz CT molecular complexity index is 713. The Labute approximate surface area is 136 Å². The van der Waals surface area contributed by atoms with E-state index >= 15 is 0 Å². The lowest BCUT2D eigenvalue weighted by atomic mass is 10.1. The van der Waals surface area contributed by atoms with Crippen molar-refractivity contribution >= 4 is 38.9 Å². The largest absolute Gasteiger partial charge is 0.395 e. The molecule has 0 atom stereocenters. The number of aryl methyl sites for hydroxylation is 1. The maximum atomic E-state index is 12.1. The van der Waals surface area contributed by atoms with Gasteiger partial charge in [-0.15, -0.1) is 11.3 Å². The Morgan fingerprint density at radius 1 is 1.43 bits per heavy atom. The van der Waals surface area contributed by atoms with Crippen LogP contribution in [0.5, 0.6) is 0 Å². The first-order chi connectivity index (χ1) is 10.1. The summed E-state index contributed by atoms with van der Waals surface area (Å²) in [6.07, 6.45) is 0.463. The normalized spacial score (nSPS) is 9.86. The minimum absolute atomic E-state index is 0.0659. The molecule has 0 unspecified atom stereocenters. The lowest BCUT2D eigenvalue weighted by molar-refractivity contribution is 0.102. The number of hydrogen-bond acceptors (Lipinski definition) is 3. The van der Waals surface area contributed by atoms with Crippen molar-refractivity contribution in [3.8, 4) is 11.8 Å². The molecule has 1 amide bonds. The predicted molar refractivity (Wildman–Crippen MR) is 89.7 cm³/mol. The van der Waals surface area contributed by atoms with E-state index in [-0.39, 0.29) is 12.5 Å². The molecule has 0 aliphatic carbocycles. The SMILES string of the molecule is Cc1cc(NC(=O)c2csc(Br)c2)ccc1C#CCCO. The first kappa shape index (κ1) is 15.8. The number of nitrogens with one attached hydrogen (secondary N) is 1. The zero-order valence-corrected chi connectivity index (χ0v) is 13.8. The van der Waals surface area contributed by atoms with E-state index in [0.717, 1.165) is 20.6 Å². The van der Waals surface area contributed by atoms with Gasteiger partial charge in [-0.25, -0.2) is 0 Å². The summed E-state index contributed by atoms with van der Waals surface area (Å²) in [7, 11) is 0. The number of carbonyl (C=O) groups excluding carboxylic acids is 1. The van der Waals surface area contributed by atoms with E-state index < -0.39 is 0 Å². The van der Waals surface area contributed by atoms with Gasteiger partial charge in [0.2, 0.25) is 0 Å². The fourth-order valence-corrected chi connectivity index (χ4v) is 2.86. The average Bonchev–Trinajstić information content (AvgIpc) is 2.88. The molecule has 2 aromatic rings. The summed E-state index contributed by atoms with van der Waals surface area (Å²) in [5.41, 5.74) is 3.27. The van der Waals surface area contributed by atoms with Crippen molar-refractivity contribution in [1.82, 2.24) is 0 Å². The smallest absolute Gasteiger partial charge is 0.256 e. The summed E-state index contributed by atoms with van der Waals surface area (Å²) in [5, 5.41) is 13.4. The molecular weight excluding hydrogens is 350 g/mol. The third kappa shape index (κ3) is 4.43. The number of rotatable bonds is 3. The number of halogens is 1. The van der Waals surface area contributed by atoms with Crippen LogP contribution in [-0.4, -0.2) is 17.6 Å². The highest BCUT2D eigenvalue weighted by atomic mass is 79.9. The molecule has 0 aliphatic heterocycles. The second kappa shape index (κ2) is 7.41. The fraction of sp³-hybridized carbons (Fsp3) is 0.188. The second-order valence-electron chi connectivity index (χ2n) is 4.40. The van der Waals surface area contributed by atoms with Crippen LogP contribution in [0, 0.1) is 18.8 Å². The van der Waals surface area contributed by atoms with Crippen LogP contribution < -0.4 is 5.32 Å². The van der Waals surface area contributed by atoms with Crippen molar-refractivity contribution in [2.45, 2.75) is 13.3 Å². The standard InChI is InChI=1S/C16H14BrNO2S/c1-11-8-14(6-5-12(11)4-2-3-7-19)18-16(20)13-9-15(17)21-10-13/h5-6,8-10,19H,3,7H2,1H3,(H,18,20). The van der Waals surface area contributed by atoms with Gasteiger partial charge in [0, 0.05) is 23.1 Å². The predicted octanol–water partition coefficient (Wildman–Crippen LogP) is 3.81. The Balaban J connectivity index is 2.10. The van der Waals surface area contributed by atoms with Crippen LogP contribution in [0.25, 0.3) is 0 Å². The summed E-state index contributed by atoms with van der Waals surface area (Å²) in [4.78, 5) is 12.1. The van der Waals surface area contributed by atoms with Gasteiger partial charge in [0.1, 0.15) is 0 Å². The molecule has 108 valence electrons. The molecule has 0 bridgehead atoms. The maximum Gasteiger partial charge on any atom is 0.256 e. The van der Waals surface area contributed by atoms with Crippen LogP contribution in [0.2, 0.25) is 0 Å². The number of benzene rings is 1. The lowest BCUT2D eigenvalue weighted by Crippen LogP contribution is -2.10. The molecule has 1 aromatic carbocycles. The van der Waals surface area contributed by atoms with Crippen LogP contribution in [-0.2, 0) is 0 Å². The lowest BCUT2D eigenvalue weighted by Gasteiger charge is -2.06. The second-order valence-corrected chi connectivity index (χ2v) is 6.69. The molecule has 0 aliphatic rings. The number of anilines is 1. The molecule has 3 nitrogen and oxygen atoms in total. The number of aliphatic hydroxyl groups is 1.